The van der Waals surface area contributed by atoms with Crippen molar-refractivity contribution in [2.75, 3.05) is 0 Å². The first kappa shape index (κ1) is 13.2. The summed E-state index contributed by atoms with van der Waals surface area (Å²) in [7, 11) is -5.63. The summed E-state index contributed by atoms with van der Waals surface area (Å²) in [5.74, 6) is 0. The Morgan fingerprint density at radius 2 is 1.88 bits per heavy atom. The molecule has 0 aliphatic rings. The molecule has 0 amide bonds. The fourth-order valence-electron chi connectivity index (χ4n) is 1.06. The van der Waals surface area contributed by atoms with E-state index >= 15 is 0 Å². The fraction of sp³-hybridized carbons (Fsp3) is 0.111. The maximum atomic E-state index is 12.3. The first-order valence-corrected chi connectivity index (χ1v) is 5.53. The van der Waals surface area contributed by atoms with Crippen LogP contribution in [0.4, 0.5) is 13.2 Å². The average molecular weight is 263 g/mol. The molecule has 0 fully saturated rings. The zero-order chi connectivity index (χ0) is 13.3. The third kappa shape index (κ3) is 2.29. The van der Waals surface area contributed by atoms with Crippen LogP contribution in [0.3, 0.4) is 0 Å². The standard InChI is InChI=1S/C9H4F3NO3S/c10-9(11,12)17(15,16)8-3-6(4-13)1-2-7(8)5-14/h1-3,5H. The highest BCUT2D eigenvalue weighted by molar-refractivity contribution is 7.92. The number of nitriles is 1. The maximum Gasteiger partial charge on any atom is 0.501 e. The van der Waals surface area contributed by atoms with Crippen LogP contribution in [-0.2, 0) is 9.84 Å². The Balaban J connectivity index is 3.61. The molecule has 1 aromatic carbocycles. The Hall–Kier alpha value is -1.88. The Bertz CT molecular complexity index is 599. The molecule has 0 saturated heterocycles. The number of aldehydes is 1. The smallest absolute Gasteiger partial charge is 0.298 e. The lowest BCUT2D eigenvalue weighted by molar-refractivity contribution is -0.0436. The summed E-state index contributed by atoms with van der Waals surface area (Å²) in [4.78, 5) is 9.28. The van der Waals surface area contributed by atoms with Gasteiger partial charge in [0.2, 0.25) is 0 Å². The average Bonchev–Trinajstić information content (AvgIpc) is 2.26. The van der Waals surface area contributed by atoms with Crippen molar-refractivity contribution >= 4 is 16.1 Å². The summed E-state index contributed by atoms with van der Waals surface area (Å²) >= 11 is 0. The minimum Gasteiger partial charge on any atom is -0.298 e. The minimum atomic E-state index is -5.63. The molecule has 0 N–H and O–H groups in total. The van der Waals surface area contributed by atoms with Gasteiger partial charge in [-0.3, -0.25) is 4.79 Å². The molecule has 0 heterocycles. The molecule has 1 aromatic rings. The molecule has 0 radical (unpaired) electrons. The number of hydrogen-bond donors (Lipinski definition) is 0. The van der Waals surface area contributed by atoms with Crippen LogP contribution >= 0.6 is 0 Å². The summed E-state index contributed by atoms with van der Waals surface area (Å²) < 4.78 is 59.1. The van der Waals surface area contributed by atoms with Gasteiger partial charge in [-0.25, -0.2) is 8.42 Å². The summed E-state index contributed by atoms with van der Waals surface area (Å²) in [6.45, 7) is 0. The van der Waals surface area contributed by atoms with Gasteiger partial charge in [0.1, 0.15) is 0 Å². The normalized spacial score (nSPS) is 11.9. The van der Waals surface area contributed by atoms with Crippen LogP contribution in [-0.4, -0.2) is 20.2 Å². The van der Waals surface area contributed by atoms with Gasteiger partial charge in [0.15, 0.2) is 6.29 Å². The van der Waals surface area contributed by atoms with E-state index < -0.39 is 25.8 Å². The van der Waals surface area contributed by atoms with E-state index in [4.69, 9.17) is 5.26 Å². The van der Waals surface area contributed by atoms with Gasteiger partial charge in [0, 0.05) is 5.56 Å². The maximum absolute atomic E-state index is 12.3. The van der Waals surface area contributed by atoms with E-state index in [1.807, 2.05) is 0 Å². The molecule has 8 heteroatoms. The third-order valence-electron chi connectivity index (χ3n) is 1.86. The molecule has 0 atom stereocenters. The Labute approximate surface area is 94.2 Å². The predicted octanol–water partition coefficient (Wildman–Crippen LogP) is 1.66. The topological polar surface area (TPSA) is 75.0 Å². The van der Waals surface area contributed by atoms with Gasteiger partial charge in [-0.05, 0) is 18.2 Å². The van der Waals surface area contributed by atoms with E-state index in [2.05, 4.69) is 0 Å². The highest BCUT2D eigenvalue weighted by Gasteiger charge is 2.47. The molecule has 0 unspecified atom stereocenters. The minimum absolute atomic E-state index is 0.0141. The number of halogens is 3. The fourth-order valence-corrected chi connectivity index (χ4v) is 2.02. The van der Waals surface area contributed by atoms with Crippen molar-refractivity contribution in [1.29, 1.82) is 5.26 Å². The zero-order valence-electron chi connectivity index (χ0n) is 8.02. The number of rotatable bonds is 2. The summed E-state index contributed by atoms with van der Waals surface area (Å²) in [6.07, 6.45) is -0.0141. The number of carbonyl (C=O) groups excluding carboxylic acids is 1. The largest absolute Gasteiger partial charge is 0.501 e. The van der Waals surface area contributed by atoms with E-state index in [1.165, 1.54) is 6.07 Å². The first-order chi connectivity index (χ1) is 7.74. The van der Waals surface area contributed by atoms with Crippen LogP contribution in [0, 0.1) is 11.3 Å². The Morgan fingerprint density at radius 1 is 1.29 bits per heavy atom. The summed E-state index contributed by atoms with van der Waals surface area (Å²) in [5, 5.41) is 8.48. The molecule has 4 nitrogen and oxygen atoms in total. The molecule has 0 aliphatic carbocycles. The Kier molecular flexibility index (Phi) is 3.24. The lowest BCUT2D eigenvalue weighted by Gasteiger charge is -2.09. The molecule has 0 spiro atoms. The van der Waals surface area contributed by atoms with Gasteiger partial charge in [-0.2, -0.15) is 18.4 Å². The van der Waals surface area contributed by atoms with Crippen LogP contribution in [0.25, 0.3) is 0 Å². The van der Waals surface area contributed by atoms with Gasteiger partial charge in [-0.15, -0.1) is 0 Å². The highest BCUT2D eigenvalue weighted by atomic mass is 32.2. The molecule has 90 valence electrons. The number of alkyl halides is 3. The van der Waals surface area contributed by atoms with E-state index in [-0.39, 0.29) is 11.8 Å². The van der Waals surface area contributed by atoms with Crippen LogP contribution < -0.4 is 0 Å². The quantitative estimate of drug-likeness (QED) is 0.760. The number of carbonyl (C=O) groups is 1. The molecule has 1 rings (SSSR count). The monoisotopic (exact) mass is 263 g/mol. The van der Waals surface area contributed by atoms with Crippen LogP contribution in [0.1, 0.15) is 15.9 Å². The summed E-state index contributed by atoms with van der Waals surface area (Å²) in [6, 6.07) is 3.92. The van der Waals surface area contributed by atoms with E-state index in [9.17, 15) is 26.4 Å². The van der Waals surface area contributed by atoms with Crippen molar-refractivity contribution in [1.82, 2.24) is 0 Å². The van der Waals surface area contributed by atoms with Crippen LogP contribution in [0.15, 0.2) is 23.1 Å². The number of nitrogens with zero attached hydrogens (tertiary/aromatic N) is 1. The van der Waals surface area contributed by atoms with Gasteiger partial charge in [-0.1, -0.05) is 0 Å². The second kappa shape index (κ2) is 4.18. The van der Waals surface area contributed by atoms with Gasteiger partial charge < -0.3 is 0 Å². The van der Waals surface area contributed by atoms with Crippen LogP contribution in [0.2, 0.25) is 0 Å². The van der Waals surface area contributed by atoms with Crippen molar-refractivity contribution in [3.63, 3.8) is 0 Å². The molecule has 0 bridgehead atoms. The predicted molar refractivity (Wildman–Crippen MR) is 49.8 cm³/mol. The molecule has 0 aliphatic heterocycles. The molecule has 0 saturated carbocycles. The van der Waals surface area contributed by atoms with Crippen molar-refractivity contribution in [2.24, 2.45) is 0 Å². The third-order valence-corrected chi connectivity index (χ3v) is 3.41. The second-order valence-corrected chi connectivity index (χ2v) is 4.84. The van der Waals surface area contributed by atoms with Crippen molar-refractivity contribution in [3.05, 3.63) is 29.3 Å². The number of sulfone groups is 1. The van der Waals surface area contributed by atoms with Gasteiger partial charge >= 0.3 is 5.51 Å². The number of benzene rings is 1. The van der Waals surface area contributed by atoms with E-state index in [0.717, 1.165) is 12.1 Å². The molecular weight excluding hydrogens is 259 g/mol. The number of hydrogen-bond acceptors (Lipinski definition) is 4. The summed E-state index contributed by atoms with van der Waals surface area (Å²) in [5.41, 5.74) is -6.43. The molecule has 17 heavy (non-hydrogen) atoms. The van der Waals surface area contributed by atoms with Crippen molar-refractivity contribution in [2.45, 2.75) is 10.4 Å². The van der Waals surface area contributed by atoms with Crippen LogP contribution in [0.5, 0.6) is 0 Å². The van der Waals surface area contributed by atoms with Gasteiger partial charge in [0.25, 0.3) is 9.84 Å². The molecule has 0 aromatic heterocycles. The van der Waals surface area contributed by atoms with Crippen molar-refractivity contribution in [3.8, 4) is 6.07 Å². The SMILES string of the molecule is N#Cc1ccc(C=O)c(S(=O)(=O)C(F)(F)F)c1. The van der Waals surface area contributed by atoms with Gasteiger partial charge in [0.05, 0.1) is 16.5 Å². The molecular formula is C9H4F3NO3S. The lowest BCUT2D eigenvalue weighted by atomic mass is 10.2. The zero-order valence-corrected chi connectivity index (χ0v) is 8.84. The Morgan fingerprint density at radius 3 is 2.29 bits per heavy atom. The van der Waals surface area contributed by atoms with Crippen molar-refractivity contribution < 1.29 is 26.4 Å². The van der Waals surface area contributed by atoms with E-state index in [1.54, 1.807) is 0 Å². The lowest BCUT2D eigenvalue weighted by Crippen LogP contribution is -2.24. The second-order valence-electron chi connectivity index (χ2n) is 2.93. The highest BCUT2D eigenvalue weighted by Crippen LogP contribution is 2.32. The van der Waals surface area contributed by atoms with E-state index in [0.29, 0.717) is 6.07 Å². The first-order valence-electron chi connectivity index (χ1n) is 4.04.